The number of pyridine rings is 1. The lowest BCUT2D eigenvalue weighted by molar-refractivity contribution is -0.141. The van der Waals surface area contributed by atoms with E-state index in [9.17, 15) is 27.6 Å². The number of aromatic nitrogens is 3. The third-order valence-corrected chi connectivity index (χ3v) is 4.13. The van der Waals surface area contributed by atoms with E-state index in [1.54, 1.807) is 13.8 Å². The average Bonchev–Trinajstić information content (AvgIpc) is 2.62. The van der Waals surface area contributed by atoms with Crippen LogP contribution in [0.3, 0.4) is 0 Å². The van der Waals surface area contributed by atoms with Gasteiger partial charge in [-0.3, -0.25) is 24.1 Å². The fourth-order valence-electron chi connectivity index (χ4n) is 2.87. The van der Waals surface area contributed by atoms with Gasteiger partial charge in [0.1, 0.15) is 11.5 Å². The van der Waals surface area contributed by atoms with Gasteiger partial charge in [-0.05, 0) is 24.0 Å². The molecule has 0 aliphatic carbocycles. The van der Waals surface area contributed by atoms with Gasteiger partial charge in [-0.1, -0.05) is 27.7 Å². The van der Waals surface area contributed by atoms with E-state index in [2.05, 4.69) is 9.97 Å². The van der Waals surface area contributed by atoms with Crippen LogP contribution in [0, 0.1) is 11.8 Å². The van der Waals surface area contributed by atoms with Crippen molar-refractivity contribution < 1.29 is 18.0 Å². The monoisotopic (exact) mass is 427 g/mol. The highest BCUT2D eigenvalue weighted by Gasteiger charge is 2.33. The lowest BCUT2D eigenvalue weighted by Gasteiger charge is -2.26. The van der Waals surface area contributed by atoms with Crippen LogP contribution >= 0.6 is 0 Å². The fourth-order valence-corrected chi connectivity index (χ4v) is 2.87. The summed E-state index contributed by atoms with van der Waals surface area (Å²) in [5.41, 5.74) is 3.01. The molecule has 0 unspecified atom stereocenters. The molecular weight excluding hydrogens is 403 g/mol. The molecular formula is C19H24F3N5O3. The van der Waals surface area contributed by atoms with Gasteiger partial charge in [0.25, 0.3) is 11.5 Å². The van der Waals surface area contributed by atoms with E-state index >= 15 is 0 Å². The standard InChI is InChI=1S/C19H24F3N5O3/c1-10(2)8-26(17(29)12-5-6-13(24-7-12)19(20,21)22)14-15(23)27(9-11(3)4)18(30)25-16(14)28/h5-7,10-11H,8-9,23H2,1-4H3,(H,25,28,30). The van der Waals surface area contributed by atoms with Crippen LogP contribution < -0.4 is 21.9 Å². The minimum absolute atomic E-state index is 0.0251. The van der Waals surface area contributed by atoms with Crippen molar-refractivity contribution in [1.82, 2.24) is 14.5 Å². The first-order valence-corrected chi connectivity index (χ1v) is 9.30. The number of H-pyrrole nitrogens is 1. The number of alkyl halides is 3. The summed E-state index contributed by atoms with van der Waals surface area (Å²) in [6.07, 6.45) is -3.85. The molecule has 2 rings (SSSR count). The molecule has 0 fully saturated rings. The highest BCUT2D eigenvalue weighted by Crippen LogP contribution is 2.28. The molecule has 1 amide bonds. The van der Waals surface area contributed by atoms with Crippen molar-refractivity contribution in [3.8, 4) is 0 Å². The SMILES string of the molecule is CC(C)CN(C(=O)c1ccc(C(F)(F)F)nc1)c1c(N)n(CC(C)C)c(=O)[nH]c1=O. The van der Waals surface area contributed by atoms with Gasteiger partial charge < -0.3 is 10.6 Å². The lowest BCUT2D eigenvalue weighted by atomic mass is 10.1. The first kappa shape index (κ1) is 23.2. The fraction of sp³-hybridized carbons (Fsp3) is 0.474. The average molecular weight is 427 g/mol. The molecule has 0 atom stereocenters. The zero-order valence-electron chi connectivity index (χ0n) is 17.1. The van der Waals surface area contributed by atoms with Crippen LogP contribution in [0.4, 0.5) is 24.7 Å². The molecule has 2 heterocycles. The number of anilines is 2. The van der Waals surface area contributed by atoms with Crippen molar-refractivity contribution in [2.75, 3.05) is 17.2 Å². The number of nitrogens with two attached hydrogens (primary N) is 1. The maximum atomic E-state index is 13.1. The summed E-state index contributed by atoms with van der Waals surface area (Å²) < 4.78 is 39.4. The van der Waals surface area contributed by atoms with Crippen LogP contribution in [0.15, 0.2) is 27.9 Å². The van der Waals surface area contributed by atoms with E-state index < -0.39 is 29.0 Å². The van der Waals surface area contributed by atoms with Crippen molar-refractivity contribution in [2.24, 2.45) is 11.8 Å². The predicted molar refractivity (Wildman–Crippen MR) is 106 cm³/mol. The molecule has 30 heavy (non-hydrogen) atoms. The molecule has 2 aromatic heterocycles. The minimum atomic E-state index is -4.65. The number of hydrogen-bond donors (Lipinski definition) is 2. The zero-order chi connectivity index (χ0) is 22.8. The molecule has 0 radical (unpaired) electrons. The van der Waals surface area contributed by atoms with Crippen molar-refractivity contribution >= 4 is 17.4 Å². The van der Waals surface area contributed by atoms with Crippen LogP contribution in [0.2, 0.25) is 0 Å². The van der Waals surface area contributed by atoms with Crippen LogP contribution in [0.5, 0.6) is 0 Å². The molecule has 2 aromatic rings. The van der Waals surface area contributed by atoms with Crippen LogP contribution in [0.25, 0.3) is 0 Å². The molecule has 11 heteroatoms. The maximum Gasteiger partial charge on any atom is 0.433 e. The molecule has 3 N–H and O–H groups in total. The van der Waals surface area contributed by atoms with Gasteiger partial charge in [0.15, 0.2) is 5.69 Å². The Labute approximate surface area is 170 Å². The van der Waals surface area contributed by atoms with Crippen LogP contribution in [-0.2, 0) is 12.7 Å². The van der Waals surface area contributed by atoms with Crippen LogP contribution in [-0.4, -0.2) is 27.0 Å². The summed E-state index contributed by atoms with van der Waals surface area (Å²) in [4.78, 5) is 44.3. The van der Waals surface area contributed by atoms with E-state index in [1.165, 1.54) is 0 Å². The Morgan fingerprint density at radius 3 is 2.30 bits per heavy atom. The molecule has 0 saturated heterocycles. The second-order valence-corrected chi connectivity index (χ2v) is 7.74. The Kier molecular flexibility index (Phi) is 6.73. The molecule has 0 saturated carbocycles. The number of rotatable bonds is 6. The Bertz CT molecular complexity index is 1020. The van der Waals surface area contributed by atoms with Gasteiger partial charge in [0.2, 0.25) is 0 Å². The minimum Gasteiger partial charge on any atom is -0.383 e. The molecule has 0 aromatic carbocycles. The quantitative estimate of drug-likeness (QED) is 0.735. The first-order valence-electron chi connectivity index (χ1n) is 9.30. The van der Waals surface area contributed by atoms with E-state index in [0.717, 1.165) is 21.7 Å². The second-order valence-electron chi connectivity index (χ2n) is 7.74. The highest BCUT2D eigenvalue weighted by molar-refractivity contribution is 6.07. The third kappa shape index (κ3) is 5.08. The van der Waals surface area contributed by atoms with E-state index in [-0.39, 0.29) is 42.0 Å². The number of amides is 1. The third-order valence-electron chi connectivity index (χ3n) is 4.13. The van der Waals surface area contributed by atoms with Gasteiger partial charge in [0.05, 0.1) is 5.56 Å². The first-order chi connectivity index (χ1) is 13.8. The Hall–Kier alpha value is -3.11. The van der Waals surface area contributed by atoms with Gasteiger partial charge >= 0.3 is 11.9 Å². The van der Waals surface area contributed by atoms with Gasteiger partial charge in [-0.15, -0.1) is 0 Å². The number of hydrogen-bond acceptors (Lipinski definition) is 5. The Balaban J connectivity index is 2.59. The predicted octanol–water partition coefficient (Wildman–Crippen LogP) is 2.49. The molecule has 0 bridgehead atoms. The maximum absolute atomic E-state index is 13.1. The molecule has 0 aliphatic rings. The molecule has 0 aliphatic heterocycles. The number of aromatic amines is 1. The highest BCUT2D eigenvalue weighted by atomic mass is 19.4. The lowest BCUT2D eigenvalue weighted by Crippen LogP contribution is -2.43. The summed E-state index contributed by atoms with van der Waals surface area (Å²) in [5, 5.41) is 0. The Morgan fingerprint density at radius 1 is 1.20 bits per heavy atom. The second kappa shape index (κ2) is 8.72. The van der Waals surface area contributed by atoms with Crippen molar-refractivity contribution in [3.63, 3.8) is 0 Å². The number of carbonyl (C=O) groups excluding carboxylic acids is 1. The normalized spacial score (nSPS) is 11.9. The topological polar surface area (TPSA) is 114 Å². The summed E-state index contributed by atoms with van der Waals surface area (Å²) >= 11 is 0. The summed E-state index contributed by atoms with van der Waals surface area (Å²) in [7, 11) is 0. The van der Waals surface area contributed by atoms with Crippen molar-refractivity contribution in [3.05, 3.63) is 50.4 Å². The van der Waals surface area contributed by atoms with E-state index in [1.807, 2.05) is 13.8 Å². The smallest absolute Gasteiger partial charge is 0.383 e. The Morgan fingerprint density at radius 2 is 1.83 bits per heavy atom. The molecule has 8 nitrogen and oxygen atoms in total. The number of nitrogens with one attached hydrogen (secondary N) is 1. The van der Waals surface area contributed by atoms with E-state index in [4.69, 9.17) is 5.73 Å². The number of nitrogen functional groups attached to an aromatic ring is 1. The van der Waals surface area contributed by atoms with Gasteiger partial charge in [-0.2, -0.15) is 13.2 Å². The molecule has 0 spiro atoms. The summed E-state index contributed by atoms with van der Waals surface area (Å²) in [6, 6.07) is 1.67. The van der Waals surface area contributed by atoms with Crippen molar-refractivity contribution in [1.29, 1.82) is 0 Å². The number of halogens is 3. The molecule has 164 valence electrons. The number of nitrogens with zero attached hydrogens (tertiary/aromatic N) is 3. The largest absolute Gasteiger partial charge is 0.433 e. The zero-order valence-corrected chi connectivity index (χ0v) is 17.1. The van der Waals surface area contributed by atoms with Crippen molar-refractivity contribution in [2.45, 2.75) is 40.4 Å². The van der Waals surface area contributed by atoms with Crippen LogP contribution in [0.1, 0.15) is 43.7 Å². The number of carbonyl (C=O) groups is 1. The summed E-state index contributed by atoms with van der Waals surface area (Å²) in [5.74, 6) is -1.03. The van der Waals surface area contributed by atoms with Gasteiger partial charge in [-0.25, -0.2) is 4.79 Å². The summed E-state index contributed by atoms with van der Waals surface area (Å²) in [6.45, 7) is 7.54. The van der Waals surface area contributed by atoms with E-state index in [0.29, 0.717) is 6.07 Å². The van der Waals surface area contributed by atoms with Gasteiger partial charge in [0, 0.05) is 19.3 Å².